The summed E-state index contributed by atoms with van der Waals surface area (Å²) in [5, 5.41) is 9.70. The van der Waals surface area contributed by atoms with E-state index in [4.69, 9.17) is 4.74 Å². The predicted octanol–water partition coefficient (Wildman–Crippen LogP) is 4.51. The standard InChI is InChI=1S/C25H25N3O2/c1-18-15-19(2)28(27-18)17-20-7-9-22(10-8-20)25(29)26-13-14-30-24-12-11-21-5-3-4-6-23(21)16-24/h3-12,15-16H,13-14,17H2,1-2H3,(H,26,29). The van der Waals surface area contributed by atoms with E-state index in [1.54, 1.807) is 0 Å². The van der Waals surface area contributed by atoms with Crippen LogP contribution in [0.2, 0.25) is 0 Å². The van der Waals surface area contributed by atoms with Crippen LogP contribution >= 0.6 is 0 Å². The van der Waals surface area contributed by atoms with Crippen molar-refractivity contribution >= 4 is 16.7 Å². The van der Waals surface area contributed by atoms with Gasteiger partial charge in [0.05, 0.1) is 18.8 Å². The Balaban J connectivity index is 1.26. The van der Waals surface area contributed by atoms with Gasteiger partial charge in [-0.05, 0) is 60.5 Å². The third-order valence-electron chi connectivity index (χ3n) is 5.03. The third-order valence-corrected chi connectivity index (χ3v) is 5.03. The van der Waals surface area contributed by atoms with Gasteiger partial charge in [0.1, 0.15) is 12.4 Å². The van der Waals surface area contributed by atoms with Gasteiger partial charge in [-0.15, -0.1) is 0 Å². The summed E-state index contributed by atoms with van der Waals surface area (Å²) in [5.74, 6) is 0.700. The van der Waals surface area contributed by atoms with E-state index in [9.17, 15) is 4.79 Å². The average Bonchev–Trinajstić information content (AvgIpc) is 3.08. The number of nitrogens with one attached hydrogen (secondary N) is 1. The van der Waals surface area contributed by atoms with E-state index in [0.29, 0.717) is 25.3 Å². The van der Waals surface area contributed by atoms with Gasteiger partial charge in [-0.25, -0.2) is 0 Å². The van der Waals surface area contributed by atoms with Gasteiger partial charge in [0.15, 0.2) is 0 Å². The van der Waals surface area contributed by atoms with Crippen molar-refractivity contribution in [2.24, 2.45) is 0 Å². The van der Waals surface area contributed by atoms with E-state index in [2.05, 4.69) is 28.6 Å². The van der Waals surface area contributed by atoms with E-state index in [-0.39, 0.29) is 5.91 Å². The quantitative estimate of drug-likeness (QED) is 0.465. The van der Waals surface area contributed by atoms with Crippen LogP contribution in [0.4, 0.5) is 0 Å². The highest BCUT2D eigenvalue weighted by Gasteiger charge is 2.07. The minimum absolute atomic E-state index is 0.102. The predicted molar refractivity (Wildman–Crippen MR) is 119 cm³/mol. The van der Waals surface area contributed by atoms with Gasteiger partial charge < -0.3 is 10.1 Å². The minimum atomic E-state index is -0.102. The summed E-state index contributed by atoms with van der Waals surface area (Å²) in [6.45, 7) is 5.59. The number of nitrogens with zero attached hydrogens (tertiary/aromatic N) is 2. The molecule has 0 aliphatic carbocycles. The van der Waals surface area contributed by atoms with Crippen molar-refractivity contribution in [3.8, 4) is 5.75 Å². The van der Waals surface area contributed by atoms with Crippen LogP contribution in [0.15, 0.2) is 72.8 Å². The molecular weight excluding hydrogens is 374 g/mol. The molecular formula is C25H25N3O2. The Labute approximate surface area is 176 Å². The molecule has 0 radical (unpaired) electrons. The number of ether oxygens (including phenoxy) is 1. The fourth-order valence-electron chi connectivity index (χ4n) is 3.46. The molecule has 0 aliphatic rings. The molecule has 4 rings (SSSR count). The Morgan fingerprint density at radius 2 is 1.73 bits per heavy atom. The van der Waals surface area contributed by atoms with Crippen molar-refractivity contribution < 1.29 is 9.53 Å². The van der Waals surface area contributed by atoms with Crippen LogP contribution in [0.1, 0.15) is 27.3 Å². The highest BCUT2D eigenvalue weighted by atomic mass is 16.5. The second-order valence-electron chi connectivity index (χ2n) is 7.39. The van der Waals surface area contributed by atoms with Gasteiger partial charge in [-0.2, -0.15) is 5.10 Å². The number of hydrogen-bond donors (Lipinski definition) is 1. The number of fused-ring (bicyclic) bond motifs is 1. The molecule has 0 fully saturated rings. The Hall–Kier alpha value is -3.60. The van der Waals surface area contributed by atoms with Crippen LogP contribution in [-0.2, 0) is 6.54 Å². The number of rotatable bonds is 7. The SMILES string of the molecule is Cc1cc(C)n(Cc2ccc(C(=O)NCCOc3ccc4ccccc4c3)cc2)n1. The molecule has 1 N–H and O–H groups in total. The van der Waals surface area contributed by atoms with Crippen LogP contribution in [0.3, 0.4) is 0 Å². The second kappa shape index (κ2) is 8.82. The first-order valence-corrected chi connectivity index (χ1v) is 10.1. The Kier molecular flexibility index (Phi) is 5.80. The zero-order valence-electron chi connectivity index (χ0n) is 17.3. The number of carbonyl (C=O) groups is 1. The van der Waals surface area contributed by atoms with Gasteiger partial charge in [0.25, 0.3) is 5.91 Å². The van der Waals surface area contributed by atoms with Crippen molar-refractivity contribution in [2.45, 2.75) is 20.4 Å². The number of aromatic nitrogens is 2. The topological polar surface area (TPSA) is 56.2 Å². The molecule has 3 aromatic carbocycles. The van der Waals surface area contributed by atoms with E-state index in [1.165, 1.54) is 5.39 Å². The van der Waals surface area contributed by atoms with Crippen LogP contribution < -0.4 is 10.1 Å². The van der Waals surface area contributed by atoms with E-state index < -0.39 is 0 Å². The first-order valence-electron chi connectivity index (χ1n) is 10.1. The summed E-state index contributed by atoms with van der Waals surface area (Å²) >= 11 is 0. The number of amides is 1. The summed E-state index contributed by atoms with van der Waals surface area (Å²) in [7, 11) is 0. The average molecular weight is 399 g/mol. The van der Waals surface area contributed by atoms with Crippen molar-refractivity contribution in [1.82, 2.24) is 15.1 Å². The molecule has 1 amide bonds. The summed E-state index contributed by atoms with van der Waals surface area (Å²) in [5.41, 5.74) is 3.88. The number of benzene rings is 3. The molecule has 0 bridgehead atoms. The van der Waals surface area contributed by atoms with Crippen LogP contribution in [-0.4, -0.2) is 28.8 Å². The van der Waals surface area contributed by atoms with E-state index >= 15 is 0 Å². The summed E-state index contributed by atoms with van der Waals surface area (Å²) in [4.78, 5) is 12.4. The number of carbonyl (C=O) groups excluding carboxylic acids is 1. The maximum absolute atomic E-state index is 12.4. The molecule has 1 aromatic heterocycles. The number of aryl methyl sites for hydroxylation is 2. The van der Waals surface area contributed by atoms with E-state index in [1.807, 2.05) is 73.1 Å². The Morgan fingerprint density at radius 1 is 0.967 bits per heavy atom. The minimum Gasteiger partial charge on any atom is -0.492 e. The van der Waals surface area contributed by atoms with Gasteiger partial charge in [-0.1, -0.05) is 42.5 Å². The molecule has 0 saturated heterocycles. The zero-order valence-corrected chi connectivity index (χ0v) is 17.3. The van der Waals surface area contributed by atoms with Crippen molar-refractivity contribution in [3.05, 3.63) is 95.3 Å². The zero-order chi connectivity index (χ0) is 20.9. The van der Waals surface area contributed by atoms with Gasteiger partial charge in [0, 0.05) is 11.3 Å². The van der Waals surface area contributed by atoms with Crippen molar-refractivity contribution in [3.63, 3.8) is 0 Å². The molecule has 0 saturated carbocycles. The number of hydrogen-bond acceptors (Lipinski definition) is 3. The lowest BCUT2D eigenvalue weighted by Crippen LogP contribution is -2.28. The lowest BCUT2D eigenvalue weighted by Gasteiger charge is -2.09. The first-order chi connectivity index (χ1) is 14.6. The highest BCUT2D eigenvalue weighted by molar-refractivity contribution is 5.94. The normalized spacial score (nSPS) is 10.9. The molecule has 0 unspecified atom stereocenters. The highest BCUT2D eigenvalue weighted by Crippen LogP contribution is 2.20. The smallest absolute Gasteiger partial charge is 0.251 e. The van der Waals surface area contributed by atoms with Gasteiger partial charge >= 0.3 is 0 Å². The van der Waals surface area contributed by atoms with Crippen LogP contribution in [0, 0.1) is 13.8 Å². The van der Waals surface area contributed by atoms with E-state index in [0.717, 1.165) is 28.1 Å². The van der Waals surface area contributed by atoms with Gasteiger partial charge in [-0.3, -0.25) is 9.48 Å². The Morgan fingerprint density at radius 3 is 2.47 bits per heavy atom. The second-order valence-corrected chi connectivity index (χ2v) is 7.39. The van der Waals surface area contributed by atoms with Crippen LogP contribution in [0.5, 0.6) is 5.75 Å². The monoisotopic (exact) mass is 399 g/mol. The fourth-order valence-corrected chi connectivity index (χ4v) is 3.46. The molecule has 0 atom stereocenters. The molecule has 5 nitrogen and oxygen atoms in total. The molecule has 0 spiro atoms. The lowest BCUT2D eigenvalue weighted by molar-refractivity contribution is 0.0947. The fraction of sp³-hybridized carbons (Fsp3) is 0.200. The third kappa shape index (κ3) is 4.69. The maximum atomic E-state index is 12.4. The molecule has 1 heterocycles. The van der Waals surface area contributed by atoms with Crippen molar-refractivity contribution in [1.29, 1.82) is 0 Å². The van der Waals surface area contributed by atoms with Crippen LogP contribution in [0.25, 0.3) is 10.8 Å². The molecule has 30 heavy (non-hydrogen) atoms. The van der Waals surface area contributed by atoms with Gasteiger partial charge in [0.2, 0.25) is 0 Å². The summed E-state index contributed by atoms with van der Waals surface area (Å²) in [6.07, 6.45) is 0. The maximum Gasteiger partial charge on any atom is 0.251 e. The first kappa shape index (κ1) is 19.7. The Bertz CT molecular complexity index is 1160. The summed E-state index contributed by atoms with van der Waals surface area (Å²) < 4.78 is 7.74. The molecule has 5 heteroatoms. The summed E-state index contributed by atoms with van der Waals surface area (Å²) in [6, 6.07) is 23.8. The molecule has 0 aliphatic heterocycles. The largest absolute Gasteiger partial charge is 0.492 e. The van der Waals surface area contributed by atoms with Crippen molar-refractivity contribution in [2.75, 3.05) is 13.2 Å². The molecule has 4 aromatic rings. The molecule has 152 valence electrons. The lowest BCUT2D eigenvalue weighted by atomic mass is 10.1.